The number of ether oxygens (including phenoxy) is 1. The lowest BCUT2D eigenvalue weighted by atomic mass is 10.0. The summed E-state index contributed by atoms with van der Waals surface area (Å²) in [5, 5.41) is 12.0. The molecule has 9 heteroatoms. The summed E-state index contributed by atoms with van der Waals surface area (Å²) in [6.45, 7) is 4.74. The van der Waals surface area contributed by atoms with Gasteiger partial charge in [-0.25, -0.2) is 12.8 Å². The molecule has 1 aromatic rings. The number of hydrogen-bond acceptors (Lipinski definition) is 6. The molecular weight excluding hydrogens is 425 g/mol. The molecule has 0 aliphatic carbocycles. The normalized spacial score (nSPS) is 18.4. The van der Waals surface area contributed by atoms with E-state index in [4.69, 9.17) is 4.74 Å². The van der Waals surface area contributed by atoms with Crippen LogP contribution in [0.1, 0.15) is 51.5 Å². The van der Waals surface area contributed by atoms with Crippen LogP contribution < -0.4 is 10.1 Å². The van der Waals surface area contributed by atoms with Gasteiger partial charge in [-0.15, -0.1) is 0 Å². The van der Waals surface area contributed by atoms with Crippen molar-refractivity contribution in [3.05, 3.63) is 41.7 Å². The van der Waals surface area contributed by atoms with E-state index in [9.17, 15) is 27.5 Å². The molecule has 1 aliphatic rings. The molecule has 172 valence electrons. The van der Waals surface area contributed by atoms with Gasteiger partial charge in [-0.1, -0.05) is 25.1 Å². The van der Waals surface area contributed by atoms with E-state index in [1.807, 2.05) is 0 Å². The fourth-order valence-electron chi connectivity index (χ4n) is 3.18. The van der Waals surface area contributed by atoms with Gasteiger partial charge in [-0.2, -0.15) is 0 Å². The lowest BCUT2D eigenvalue weighted by Gasteiger charge is -2.19. The van der Waals surface area contributed by atoms with Crippen LogP contribution in [0.15, 0.2) is 30.4 Å². The van der Waals surface area contributed by atoms with Gasteiger partial charge < -0.3 is 9.84 Å². The van der Waals surface area contributed by atoms with E-state index in [2.05, 4.69) is 5.32 Å². The van der Waals surface area contributed by atoms with Crippen molar-refractivity contribution in [3.63, 3.8) is 0 Å². The van der Waals surface area contributed by atoms with Gasteiger partial charge in [0, 0.05) is 6.42 Å². The van der Waals surface area contributed by atoms with Crippen LogP contribution in [-0.2, 0) is 19.4 Å². The van der Waals surface area contributed by atoms with Gasteiger partial charge >= 0.3 is 0 Å². The maximum Gasteiger partial charge on any atom is 0.230 e. The average Bonchev–Trinajstić information content (AvgIpc) is 2.96. The van der Waals surface area contributed by atoms with Crippen LogP contribution >= 0.6 is 0 Å². The summed E-state index contributed by atoms with van der Waals surface area (Å²) >= 11 is 0. The highest BCUT2D eigenvalue weighted by Crippen LogP contribution is 2.26. The monoisotopic (exact) mass is 455 g/mol. The Morgan fingerprint density at radius 1 is 1.32 bits per heavy atom. The highest BCUT2D eigenvalue weighted by molar-refractivity contribution is 7.91. The van der Waals surface area contributed by atoms with E-state index >= 15 is 0 Å². The third kappa shape index (κ3) is 8.41. The Bertz CT molecular complexity index is 936. The fourth-order valence-corrected chi connectivity index (χ4v) is 4.79. The molecule has 1 fully saturated rings. The molecule has 7 nitrogen and oxygen atoms in total. The van der Waals surface area contributed by atoms with E-state index in [0.29, 0.717) is 18.4 Å². The second-order valence-corrected chi connectivity index (χ2v) is 10.8. The number of amides is 2. The van der Waals surface area contributed by atoms with Gasteiger partial charge in [0.15, 0.2) is 21.4 Å². The molecule has 2 atom stereocenters. The Kier molecular flexibility index (Phi) is 8.36. The van der Waals surface area contributed by atoms with Crippen molar-refractivity contribution in [1.29, 1.82) is 0 Å². The molecule has 1 heterocycles. The zero-order chi connectivity index (χ0) is 23.2. The van der Waals surface area contributed by atoms with E-state index in [1.165, 1.54) is 18.2 Å². The van der Waals surface area contributed by atoms with E-state index in [-0.39, 0.29) is 53.9 Å². The van der Waals surface area contributed by atoms with Gasteiger partial charge in [0.1, 0.15) is 6.61 Å². The Labute approximate surface area is 182 Å². The number of aliphatic hydroxyl groups is 1. The quantitative estimate of drug-likeness (QED) is 0.392. The third-order valence-corrected chi connectivity index (χ3v) is 6.72. The Morgan fingerprint density at radius 3 is 2.65 bits per heavy atom. The summed E-state index contributed by atoms with van der Waals surface area (Å²) in [5.41, 5.74) is -0.495. The maximum atomic E-state index is 14.0. The number of hydrogen-bond donors (Lipinski definition) is 2. The molecule has 2 rings (SSSR count). The number of allylic oxidation sites excluding steroid dienone is 2. The molecular formula is C22H30FNO6S. The minimum Gasteiger partial charge on any atom is -0.488 e. The van der Waals surface area contributed by atoms with E-state index < -0.39 is 21.3 Å². The lowest BCUT2D eigenvalue weighted by molar-refractivity contribution is -0.125. The standard InChI is InChI=1S/C22H30FNO6S/c1-15(16-8-9-18(23)19(11-16)30-14-22(2,3)27)13-31(28,29)10-6-4-5-7-17-12-20(25)24-21(17)26/h4-5,8-9,11,15,17,27H,6-7,10,12-14H2,1-3H3,(H,24,25,26)/b5-4+/t15-,17?/m0/s1. The van der Waals surface area contributed by atoms with Crippen molar-refractivity contribution in [2.24, 2.45) is 5.92 Å². The molecule has 1 aliphatic heterocycles. The fraction of sp³-hybridized carbons (Fsp3) is 0.545. The van der Waals surface area contributed by atoms with Crippen molar-refractivity contribution in [1.82, 2.24) is 5.32 Å². The zero-order valence-electron chi connectivity index (χ0n) is 18.1. The number of rotatable bonds is 11. The molecule has 0 spiro atoms. The number of sulfone groups is 1. The molecule has 2 N–H and O–H groups in total. The summed E-state index contributed by atoms with van der Waals surface area (Å²) in [6.07, 6.45) is 4.31. The van der Waals surface area contributed by atoms with E-state index in [0.717, 1.165) is 0 Å². The van der Waals surface area contributed by atoms with Crippen LogP contribution in [0.3, 0.4) is 0 Å². The average molecular weight is 456 g/mol. The highest BCUT2D eigenvalue weighted by Gasteiger charge is 2.29. The van der Waals surface area contributed by atoms with Gasteiger partial charge in [0.05, 0.1) is 23.0 Å². The molecule has 2 amide bonds. The van der Waals surface area contributed by atoms with Crippen molar-refractivity contribution in [2.45, 2.75) is 51.6 Å². The minimum atomic E-state index is -3.37. The number of nitrogens with one attached hydrogen (secondary N) is 1. The molecule has 0 radical (unpaired) electrons. The first-order chi connectivity index (χ1) is 14.4. The summed E-state index contributed by atoms with van der Waals surface area (Å²) in [5.74, 6) is -2.08. The Morgan fingerprint density at radius 2 is 2.03 bits per heavy atom. The molecule has 1 aromatic carbocycles. The second kappa shape index (κ2) is 10.4. The summed E-state index contributed by atoms with van der Waals surface area (Å²) in [7, 11) is -3.37. The van der Waals surface area contributed by atoms with Crippen LogP contribution in [0.25, 0.3) is 0 Å². The van der Waals surface area contributed by atoms with Gasteiger partial charge in [0.25, 0.3) is 0 Å². The SMILES string of the molecule is C[C@@H](CS(=O)(=O)CC/C=C/CC1CC(=O)NC1=O)c1ccc(F)c(OCC(C)(C)O)c1. The first-order valence-corrected chi connectivity index (χ1v) is 12.0. The lowest BCUT2D eigenvalue weighted by Crippen LogP contribution is -2.28. The number of benzene rings is 1. The zero-order valence-corrected chi connectivity index (χ0v) is 18.9. The number of halogens is 1. The van der Waals surface area contributed by atoms with Gasteiger partial charge in [0.2, 0.25) is 11.8 Å². The van der Waals surface area contributed by atoms with Crippen molar-refractivity contribution in [2.75, 3.05) is 18.1 Å². The maximum absolute atomic E-state index is 14.0. The highest BCUT2D eigenvalue weighted by atomic mass is 32.2. The predicted octanol–water partition coefficient (Wildman–Crippen LogP) is 2.49. The van der Waals surface area contributed by atoms with Gasteiger partial charge in [-0.05, 0) is 50.3 Å². The van der Waals surface area contributed by atoms with E-state index in [1.54, 1.807) is 32.9 Å². The largest absolute Gasteiger partial charge is 0.488 e. The first kappa shape index (κ1) is 25.0. The third-order valence-electron chi connectivity index (χ3n) is 4.86. The smallest absolute Gasteiger partial charge is 0.230 e. The first-order valence-electron chi connectivity index (χ1n) is 10.2. The van der Waals surface area contributed by atoms with Crippen molar-refractivity contribution >= 4 is 21.7 Å². The number of carbonyl (C=O) groups is 2. The Balaban J connectivity index is 1.87. The molecule has 0 aromatic heterocycles. The molecule has 0 saturated carbocycles. The number of carbonyl (C=O) groups excluding carboxylic acids is 2. The second-order valence-electron chi connectivity index (χ2n) is 8.62. The minimum absolute atomic E-state index is 0.0266. The predicted molar refractivity (Wildman–Crippen MR) is 115 cm³/mol. The van der Waals surface area contributed by atoms with Crippen LogP contribution in [0.4, 0.5) is 4.39 Å². The molecule has 31 heavy (non-hydrogen) atoms. The summed E-state index contributed by atoms with van der Waals surface area (Å²) in [4.78, 5) is 22.6. The summed E-state index contributed by atoms with van der Waals surface area (Å²) < 4.78 is 44.2. The topological polar surface area (TPSA) is 110 Å². The van der Waals surface area contributed by atoms with Crippen LogP contribution in [0.2, 0.25) is 0 Å². The number of imide groups is 1. The molecule has 1 unspecified atom stereocenters. The van der Waals surface area contributed by atoms with Crippen LogP contribution in [-0.4, -0.2) is 49.1 Å². The molecule has 1 saturated heterocycles. The van der Waals surface area contributed by atoms with Crippen molar-refractivity contribution in [3.8, 4) is 5.75 Å². The summed E-state index contributed by atoms with van der Waals surface area (Å²) in [6, 6.07) is 4.22. The van der Waals surface area contributed by atoms with Gasteiger partial charge in [-0.3, -0.25) is 14.9 Å². The Hall–Kier alpha value is -2.26. The van der Waals surface area contributed by atoms with Crippen molar-refractivity contribution < 1.29 is 32.2 Å². The van der Waals surface area contributed by atoms with Crippen LogP contribution in [0.5, 0.6) is 5.75 Å². The van der Waals surface area contributed by atoms with Crippen LogP contribution in [0, 0.1) is 11.7 Å². The molecule has 0 bridgehead atoms.